The van der Waals surface area contributed by atoms with Crippen molar-refractivity contribution in [2.24, 2.45) is 5.92 Å². The van der Waals surface area contributed by atoms with Crippen molar-refractivity contribution in [3.05, 3.63) is 70.5 Å². The van der Waals surface area contributed by atoms with E-state index < -0.39 is 0 Å². The zero-order valence-corrected chi connectivity index (χ0v) is 18.2. The molecule has 2 amide bonds. The van der Waals surface area contributed by atoms with Crippen LogP contribution in [-0.2, 0) is 4.79 Å². The molecule has 3 rings (SSSR count). The molecule has 0 bridgehead atoms. The van der Waals surface area contributed by atoms with Crippen LogP contribution in [0, 0.1) is 19.8 Å². The predicted octanol–water partition coefficient (Wildman–Crippen LogP) is 5.38. The number of benzene rings is 2. The molecule has 0 aliphatic rings. The van der Waals surface area contributed by atoms with Gasteiger partial charge in [-0.1, -0.05) is 25.4 Å². The molecule has 0 saturated carbocycles. The zero-order valence-electron chi connectivity index (χ0n) is 17.5. The van der Waals surface area contributed by atoms with Crippen LogP contribution in [0.1, 0.15) is 42.0 Å². The van der Waals surface area contributed by atoms with Crippen molar-refractivity contribution >= 4 is 34.8 Å². The SMILES string of the molecule is Cc1nn(-c2ccc(C(=O)Nc3ccc(NC(=O)CC(C)C)cc3)cc2)c(C)c1Cl. The summed E-state index contributed by atoms with van der Waals surface area (Å²) in [6.45, 7) is 7.75. The number of anilines is 2. The number of nitrogens with one attached hydrogen (secondary N) is 2. The lowest BCUT2D eigenvalue weighted by atomic mass is 10.1. The minimum Gasteiger partial charge on any atom is -0.326 e. The molecule has 1 heterocycles. The molecule has 0 radical (unpaired) electrons. The maximum absolute atomic E-state index is 12.5. The molecule has 1 aromatic heterocycles. The van der Waals surface area contributed by atoms with Crippen LogP contribution < -0.4 is 10.6 Å². The first-order chi connectivity index (χ1) is 14.2. The van der Waals surface area contributed by atoms with Gasteiger partial charge in [-0.25, -0.2) is 4.68 Å². The van der Waals surface area contributed by atoms with Gasteiger partial charge in [0.25, 0.3) is 5.91 Å². The van der Waals surface area contributed by atoms with Gasteiger partial charge in [-0.2, -0.15) is 5.10 Å². The number of hydrogen-bond acceptors (Lipinski definition) is 3. The highest BCUT2D eigenvalue weighted by Gasteiger charge is 2.12. The van der Waals surface area contributed by atoms with E-state index in [2.05, 4.69) is 15.7 Å². The highest BCUT2D eigenvalue weighted by molar-refractivity contribution is 6.31. The van der Waals surface area contributed by atoms with Gasteiger partial charge in [-0.05, 0) is 68.3 Å². The maximum atomic E-state index is 12.5. The minimum absolute atomic E-state index is 0.0224. The Balaban J connectivity index is 1.64. The van der Waals surface area contributed by atoms with Gasteiger partial charge >= 0.3 is 0 Å². The fourth-order valence-corrected chi connectivity index (χ4v) is 3.17. The summed E-state index contributed by atoms with van der Waals surface area (Å²) >= 11 is 6.21. The number of aromatic nitrogens is 2. The minimum atomic E-state index is -0.218. The lowest BCUT2D eigenvalue weighted by molar-refractivity contribution is -0.116. The Morgan fingerprint density at radius 3 is 2.03 bits per heavy atom. The van der Waals surface area contributed by atoms with Crippen LogP contribution in [-0.4, -0.2) is 21.6 Å². The summed E-state index contributed by atoms with van der Waals surface area (Å²) < 4.78 is 1.76. The number of carbonyl (C=O) groups excluding carboxylic acids is 2. The third-order valence-electron chi connectivity index (χ3n) is 4.60. The predicted molar refractivity (Wildman–Crippen MR) is 121 cm³/mol. The van der Waals surface area contributed by atoms with Gasteiger partial charge < -0.3 is 10.6 Å². The smallest absolute Gasteiger partial charge is 0.255 e. The van der Waals surface area contributed by atoms with E-state index in [1.807, 2.05) is 39.8 Å². The van der Waals surface area contributed by atoms with Crippen LogP contribution in [0.25, 0.3) is 5.69 Å². The summed E-state index contributed by atoms with van der Waals surface area (Å²) in [7, 11) is 0. The molecule has 0 unspecified atom stereocenters. The van der Waals surface area contributed by atoms with Crippen LogP contribution in [0.5, 0.6) is 0 Å². The Morgan fingerprint density at radius 2 is 1.53 bits per heavy atom. The van der Waals surface area contributed by atoms with Gasteiger partial charge in [-0.15, -0.1) is 0 Å². The summed E-state index contributed by atoms with van der Waals surface area (Å²) in [5.74, 6) is 0.0588. The lowest BCUT2D eigenvalue weighted by Crippen LogP contribution is -2.14. The molecule has 0 fully saturated rings. The lowest BCUT2D eigenvalue weighted by Gasteiger charge is -2.10. The summed E-state index contributed by atoms with van der Waals surface area (Å²) in [6.07, 6.45) is 0.471. The average molecular weight is 425 g/mol. The monoisotopic (exact) mass is 424 g/mol. The van der Waals surface area contributed by atoms with E-state index in [4.69, 9.17) is 11.6 Å². The largest absolute Gasteiger partial charge is 0.326 e. The van der Waals surface area contributed by atoms with Crippen LogP contribution in [0.3, 0.4) is 0 Å². The Bertz CT molecular complexity index is 1050. The third-order valence-corrected chi connectivity index (χ3v) is 5.14. The van der Waals surface area contributed by atoms with E-state index in [-0.39, 0.29) is 11.8 Å². The van der Waals surface area contributed by atoms with Crippen LogP contribution in [0.2, 0.25) is 5.02 Å². The van der Waals surface area contributed by atoms with E-state index in [0.717, 1.165) is 17.1 Å². The highest BCUT2D eigenvalue weighted by atomic mass is 35.5. The van der Waals surface area contributed by atoms with Crippen molar-refractivity contribution < 1.29 is 9.59 Å². The second-order valence-corrected chi connectivity index (χ2v) is 8.00. The molecule has 2 aromatic carbocycles. The molecular weight excluding hydrogens is 400 g/mol. The molecule has 156 valence electrons. The fraction of sp³-hybridized carbons (Fsp3) is 0.261. The van der Waals surface area contributed by atoms with Gasteiger partial charge in [0.2, 0.25) is 5.91 Å². The van der Waals surface area contributed by atoms with Crippen molar-refractivity contribution in [3.63, 3.8) is 0 Å². The van der Waals surface area contributed by atoms with E-state index >= 15 is 0 Å². The first kappa shape index (κ1) is 21.6. The number of nitrogens with zero attached hydrogens (tertiary/aromatic N) is 2. The average Bonchev–Trinajstić information content (AvgIpc) is 2.96. The van der Waals surface area contributed by atoms with E-state index in [1.54, 1.807) is 41.1 Å². The van der Waals surface area contributed by atoms with Crippen molar-refractivity contribution in [2.45, 2.75) is 34.1 Å². The van der Waals surface area contributed by atoms with Gasteiger partial charge in [0.15, 0.2) is 0 Å². The molecule has 0 spiro atoms. The Labute approximate surface area is 181 Å². The highest BCUT2D eigenvalue weighted by Crippen LogP contribution is 2.23. The van der Waals surface area contributed by atoms with Crippen molar-refractivity contribution in [3.8, 4) is 5.69 Å². The number of carbonyl (C=O) groups is 2. The van der Waals surface area contributed by atoms with Crippen molar-refractivity contribution in [1.29, 1.82) is 0 Å². The summed E-state index contributed by atoms with van der Waals surface area (Å²) in [4.78, 5) is 24.4. The number of rotatable bonds is 6. The standard InChI is InChI=1S/C23H25ClN4O2/c1-14(2)13-21(29)25-18-7-9-19(10-8-18)26-23(30)17-5-11-20(12-6-17)28-16(4)22(24)15(3)27-28/h5-12,14H,13H2,1-4H3,(H,25,29)(H,26,30). The molecule has 0 saturated heterocycles. The van der Waals surface area contributed by atoms with E-state index in [1.165, 1.54) is 0 Å². The second-order valence-electron chi connectivity index (χ2n) is 7.62. The Hall–Kier alpha value is -3.12. The van der Waals surface area contributed by atoms with Gasteiger partial charge in [-0.3, -0.25) is 9.59 Å². The fourth-order valence-electron chi connectivity index (χ4n) is 3.05. The van der Waals surface area contributed by atoms with Crippen LogP contribution in [0.15, 0.2) is 48.5 Å². The Morgan fingerprint density at radius 1 is 0.967 bits per heavy atom. The second kappa shape index (κ2) is 9.13. The summed E-state index contributed by atoms with van der Waals surface area (Å²) in [5.41, 5.74) is 4.33. The molecule has 0 aliphatic carbocycles. The van der Waals surface area contributed by atoms with Gasteiger partial charge in [0.1, 0.15) is 0 Å². The number of amides is 2. The maximum Gasteiger partial charge on any atom is 0.255 e. The molecule has 7 heteroatoms. The molecular formula is C23H25ClN4O2. The number of halogens is 1. The molecule has 3 aromatic rings. The topological polar surface area (TPSA) is 76.0 Å². The molecule has 6 nitrogen and oxygen atoms in total. The zero-order chi connectivity index (χ0) is 21.8. The first-order valence-electron chi connectivity index (χ1n) is 9.78. The first-order valence-corrected chi connectivity index (χ1v) is 10.2. The van der Waals surface area contributed by atoms with E-state index in [0.29, 0.717) is 34.3 Å². The molecule has 0 aliphatic heterocycles. The number of hydrogen-bond donors (Lipinski definition) is 2. The third kappa shape index (κ3) is 5.07. The summed E-state index contributed by atoms with van der Waals surface area (Å²) in [5, 5.41) is 10.8. The molecule has 0 atom stereocenters. The summed E-state index contributed by atoms with van der Waals surface area (Å²) in [6, 6.07) is 14.2. The van der Waals surface area contributed by atoms with Crippen LogP contribution in [0.4, 0.5) is 11.4 Å². The normalized spacial score (nSPS) is 10.9. The molecule has 30 heavy (non-hydrogen) atoms. The van der Waals surface area contributed by atoms with Crippen molar-refractivity contribution in [1.82, 2.24) is 9.78 Å². The molecule has 2 N–H and O–H groups in total. The van der Waals surface area contributed by atoms with Crippen molar-refractivity contribution in [2.75, 3.05) is 10.6 Å². The van der Waals surface area contributed by atoms with E-state index in [9.17, 15) is 9.59 Å². The van der Waals surface area contributed by atoms with Crippen LogP contribution >= 0.6 is 11.6 Å². The number of aryl methyl sites for hydroxylation is 1. The Kier molecular flexibility index (Phi) is 6.57. The quantitative estimate of drug-likeness (QED) is 0.557. The van der Waals surface area contributed by atoms with Gasteiger partial charge in [0, 0.05) is 23.4 Å². The van der Waals surface area contributed by atoms with Gasteiger partial charge in [0.05, 0.1) is 22.1 Å².